The van der Waals surface area contributed by atoms with E-state index in [4.69, 9.17) is 35.4 Å². The fraction of sp³-hybridized carbons (Fsp3) is 0.632. The molecule has 2 fully saturated rings. The Kier molecular flexibility index (Phi) is 8.41. The minimum Gasteiger partial charge on any atom is -0.347 e. The molecule has 6 nitrogen and oxygen atoms in total. The van der Waals surface area contributed by atoms with Crippen LogP contribution in [0.4, 0.5) is 5.69 Å². The number of benzene rings is 1. The first-order valence-corrected chi connectivity index (χ1v) is 12.8. The maximum atomic E-state index is 12.7. The Labute approximate surface area is 189 Å². The number of nitrogens with zero attached hydrogens (tertiary/aromatic N) is 3. The van der Waals surface area contributed by atoms with E-state index >= 15 is 0 Å². The van der Waals surface area contributed by atoms with Gasteiger partial charge in [-0.1, -0.05) is 29.6 Å². The van der Waals surface area contributed by atoms with E-state index in [1.165, 1.54) is 19.3 Å². The van der Waals surface area contributed by atoms with Crippen LogP contribution in [0.15, 0.2) is 18.2 Å². The fourth-order valence-electron chi connectivity index (χ4n) is 3.72. The maximum Gasteiger partial charge on any atom is 0.215 e. The molecule has 29 heavy (non-hydrogen) atoms. The van der Waals surface area contributed by atoms with Gasteiger partial charge in [-0.25, -0.2) is 12.7 Å². The number of nitrogens with one attached hydrogen (secondary N) is 1. The molecule has 1 aromatic rings. The molecule has 1 aromatic carbocycles. The summed E-state index contributed by atoms with van der Waals surface area (Å²) in [5, 5.41) is 4.54. The average molecular weight is 479 g/mol. The van der Waals surface area contributed by atoms with Gasteiger partial charge in [-0.2, -0.15) is 0 Å². The van der Waals surface area contributed by atoms with Crippen LogP contribution < -0.4 is 5.32 Å². The SMILES string of the molecule is O=S1(=O)CCN(C(=S)Nc2ccc(Cl)c(Cl)c2)CCN1CCCN1CCCCC1. The van der Waals surface area contributed by atoms with Gasteiger partial charge in [-0.15, -0.1) is 0 Å². The molecule has 0 aromatic heterocycles. The van der Waals surface area contributed by atoms with Crippen molar-refractivity contribution < 1.29 is 8.42 Å². The third-order valence-corrected chi connectivity index (χ3v) is 8.37. The monoisotopic (exact) mass is 478 g/mol. The molecule has 0 bridgehead atoms. The van der Waals surface area contributed by atoms with Crippen LogP contribution in [0.25, 0.3) is 0 Å². The number of hydrogen-bond acceptors (Lipinski definition) is 4. The Bertz CT molecular complexity index is 816. The zero-order valence-electron chi connectivity index (χ0n) is 16.4. The van der Waals surface area contributed by atoms with Crippen LogP contribution in [0.1, 0.15) is 25.7 Å². The van der Waals surface area contributed by atoms with Crippen molar-refractivity contribution in [1.82, 2.24) is 14.1 Å². The first-order valence-electron chi connectivity index (χ1n) is 10.1. The second-order valence-corrected chi connectivity index (χ2v) is 10.8. The highest BCUT2D eigenvalue weighted by atomic mass is 35.5. The van der Waals surface area contributed by atoms with Gasteiger partial charge in [-0.3, -0.25) is 0 Å². The fourth-order valence-corrected chi connectivity index (χ4v) is 5.80. The summed E-state index contributed by atoms with van der Waals surface area (Å²) in [6.45, 7) is 5.19. The van der Waals surface area contributed by atoms with Crippen molar-refractivity contribution in [3.63, 3.8) is 0 Å². The Hall–Kier alpha value is -0.640. The number of hydrogen-bond donors (Lipinski definition) is 1. The van der Waals surface area contributed by atoms with E-state index in [9.17, 15) is 8.42 Å². The third-order valence-electron chi connectivity index (χ3n) is 5.42. The van der Waals surface area contributed by atoms with Gasteiger partial charge >= 0.3 is 0 Å². The number of halogens is 2. The van der Waals surface area contributed by atoms with E-state index in [1.54, 1.807) is 22.5 Å². The van der Waals surface area contributed by atoms with Crippen LogP contribution in [-0.2, 0) is 10.0 Å². The molecule has 0 radical (unpaired) electrons. The van der Waals surface area contributed by atoms with Crippen molar-refractivity contribution in [2.75, 3.05) is 56.9 Å². The van der Waals surface area contributed by atoms with Crippen molar-refractivity contribution in [1.29, 1.82) is 0 Å². The molecular weight excluding hydrogens is 451 g/mol. The number of piperidine rings is 1. The van der Waals surface area contributed by atoms with Crippen molar-refractivity contribution in [2.45, 2.75) is 25.7 Å². The molecule has 1 N–H and O–H groups in total. The molecule has 10 heteroatoms. The zero-order valence-corrected chi connectivity index (χ0v) is 19.6. The summed E-state index contributed by atoms with van der Waals surface area (Å²) in [5.41, 5.74) is 0.731. The van der Waals surface area contributed by atoms with E-state index in [0.717, 1.165) is 31.7 Å². The van der Waals surface area contributed by atoms with E-state index in [1.807, 2.05) is 4.90 Å². The van der Waals surface area contributed by atoms with Crippen molar-refractivity contribution in [3.05, 3.63) is 28.2 Å². The van der Waals surface area contributed by atoms with Gasteiger partial charge in [0.2, 0.25) is 10.0 Å². The summed E-state index contributed by atoms with van der Waals surface area (Å²) in [5.74, 6) is 0.0694. The Morgan fingerprint density at radius 2 is 1.76 bits per heavy atom. The van der Waals surface area contributed by atoms with Crippen molar-refractivity contribution in [3.8, 4) is 0 Å². The molecule has 0 unspecified atom stereocenters. The number of thiocarbonyl (C=S) groups is 1. The summed E-state index contributed by atoms with van der Waals surface area (Å²) in [6, 6.07) is 5.20. The highest BCUT2D eigenvalue weighted by Crippen LogP contribution is 2.25. The quantitative estimate of drug-likeness (QED) is 0.653. The number of likely N-dealkylation sites (tertiary alicyclic amines) is 1. The highest BCUT2D eigenvalue weighted by molar-refractivity contribution is 7.89. The lowest BCUT2D eigenvalue weighted by molar-refractivity contribution is 0.219. The van der Waals surface area contributed by atoms with Gasteiger partial charge in [0.25, 0.3) is 0 Å². The molecule has 0 atom stereocenters. The molecule has 0 spiro atoms. The van der Waals surface area contributed by atoms with Gasteiger partial charge in [-0.05, 0) is 69.3 Å². The predicted octanol–water partition coefficient (Wildman–Crippen LogP) is 3.51. The predicted molar refractivity (Wildman–Crippen MR) is 125 cm³/mol. The lowest BCUT2D eigenvalue weighted by atomic mass is 10.1. The van der Waals surface area contributed by atoms with Gasteiger partial charge in [0, 0.05) is 31.9 Å². The van der Waals surface area contributed by atoms with Crippen LogP contribution >= 0.6 is 35.4 Å². The molecule has 0 amide bonds. The van der Waals surface area contributed by atoms with Gasteiger partial charge in [0.1, 0.15) is 0 Å². The molecule has 2 aliphatic heterocycles. The minimum absolute atomic E-state index is 0.0694. The summed E-state index contributed by atoms with van der Waals surface area (Å²) < 4.78 is 27.0. The molecule has 2 saturated heterocycles. The largest absolute Gasteiger partial charge is 0.347 e. The van der Waals surface area contributed by atoms with Gasteiger partial charge in [0.15, 0.2) is 5.11 Å². The molecule has 0 aliphatic carbocycles. The molecule has 162 valence electrons. The number of anilines is 1. The maximum absolute atomic E-state index is 12.7. The number of sulfonamides is 1. The topological polar surface area (TPSA) is 55.9 Å². The van der Waals surface area contributed by atoms with Crippen LogP contribution in [0.3, 0.4) is 0 Å². The Morgan fingerprint density at radius 3 is 2.48 bits per heavy atom. The van der Waals surface area contributed by atoms with Crippen molar-refractivity contribution >= 4 is 56.2 Å². The van der Waals surface area contributed by atoms with E-state index in [2.05, 4.69) is 10.2 Å². The van der Waals surface area contributed by atoms with Crippen LogP contribution in [-0.4, -0.2) is 79.2 Å². The molecular formula is C19H28Cl2N4O2S2. The van der Waals surface area contributed by atoms with Crippen LogP contribution in [0.2, 0.25) is 10.0 Å². The Morgan fingerprint density at radius 1 is 1.00 bits per heavy atom. The summed E-state index contributed by atoms with van der Waals surface area (Å²) in [6.07, 6.45) is 4.68. The van der Waals surface area contributed by atoms with Crippen LogP contribution in [0.5, 0.6) is 0 Å². The lowest BCUT2D eigenvalue weighted by Crippen LogP contribution is -2.39. The van der Waals surface area contributed by atoms with Gasteiger partial charge < -0.3 is 15.1 Å². The standard InChI is InChI=1S/C19H28Cl2N4O2S2/c20-17-6-5-16(15-18(17)21)22-19(28)24-11-12-25(29(26,27)14-13-24)10-4-9-23-7-2-1-3-8-23/h5-6,15H,1-4,7-14H2,(H,22,28). The first-order chi connectivity index (χ1) is 13.8. The number of rotatable bonds is 5. The summed E-state index contributed by atoms with van der Waals surface area (Å²) >= 11 is 17.5. The minimum atomic E-state index is -3.27. The summed E-state index contributed by atoms with van der Waals surface area (Å²) in [7, 11) is -3.27. The molecule has 2 heterocycles. The normalized spacial score (nSPS) is 21.0. The van der Waals surface area contributed by atoms with E-state index in [0.29, 0.717) is 41.3 Å². The smallest absolute Gasteiger partial charge is 0.215 e. The van der Waals surface area contributed by atoms with E-state index < -0.39 is 10.0 Å². The van der Waals surface area contributed by atoms with Crippen molar-refractivity contribution in [2.24, 2.45) is 0 Å². The zero-order chi connectivity index (χ0) is 20.9. The second-order valence-electron chi connectivity index (χ2n) is 7.52. The van der Waals surface area contributed by atoms with E-state index in [-0.39, 0.29) is 5.75 Å². The highest BCUT2D eigenvalue weighted by Gasteiger charge is 2.28. The lowest BCUT2D eigenvalue weighted by Gasteiger charge is -2.27. The molecule has 2 aliphatic rings. The average Bonchev–Trinajstić information content (AvgIpc) is 2.84. The molecule has 3 rings (SSSR count). The van der Waals surface area contributed by atoms with Crippen LogP contribution in [0, 0.1) is 0 Å². The Balaban J connectivity index is 1.52. The summed E-state index contributed by atoms with van der Waals surface area (Å²) in [4.78, 5) is 4.34. The first kappa shape index (κ1) is 23.0. The second kappa shape index (κ2) is 10.6. The molecule has 0 saturated carbocycles. The third kappa shape index (κ3) is 6.67. The van der Waals surface area contributed by atoms with Gasteiger partial charge in [0.05, 0.1) is 15.8 Å².